The van der Waals surface area contributed by atoms with E-state index in [1.807, 2.05) is 0 Å². The van der Waals surface area contributed by atoms with E-state index in [2.05, 4.69) is 33.0 Å². The Kier molecular flexibility index (Phi) is 2.42. The van der Waals surface area contributed by atoms with Crippen LogP contribution in [0.1, 0.15) is 34.1 Å². The molecule has 0 spiro atoms. The van der Waals surface area contributed by atoms with Crippen molar-refractivity contribution in [3.05, 3.63) is 0 Å². The SMILES string of the molecule is CC(C)C1C2CC(=O)C(N2)C1C(C)C. The van der Waals surface area contributed by atoms with Gasteiger partial charge in [-0.25, -0.2) is 0 Å². The van der Waals surface area contributed by atoms with Gasteiger partial charge in [0, 0.05) is 12.5 Å². The molecule has 2 nitrogen and oxygen atoms in total. The van der Waals surface area contributed by atoms with Gasteiger partial charge >= 0.3 is 0 Å². The molecule has 0 aromatic heterocycles. The number of ketones is 1. The van der Waals surface area contributed by atoms with E-state index in [0.717, 1.165) is 6.42 Å². The van der Waals surface area contributed by atoms with Crippen molar-refractivity contribution in [3.63, 3.8) is 0 Å². The van der Waals surface area contributed by atoms with Crippen molar-refractivity contribution in [2.75, 3.05) is 0 Å². The van der Waals surface area contributed by atoms with Crippen molar-refractivity contribution in [3.8, 4) is 0 Å². The molecule has 0 aromatic rings. The zero-order chi connectivity index (χ0) is 10.5. The highest BCUT2D eigenvalue weighted by atomic mass is 16.1. The average molecular weight is 195 g/mol. The maximum atomic E-state index is 11.7. The summed E-state index contributed by atoms with van der Waals surface area (Å²) in [5.41, 5.74) is 0. The topological polar surface area (TPSA) is 29.1 Å². The molecule has 0 saturated carbocycles. The number of nitrogens with one attached hydrogen (secondary N) is 1. The van der Waals surface area contributed by atoms with Gasteiger partial charge in [0.2, 0.25) is 0 Å². The molecule has 0 aliphatic carbocycles. The molecule has 2 aliphatic heterocycles. The Bertz CT molecular complexity index is 247. The molecular formula is C12H21NO. The Morgan fingerprint density at radius 3 is 2.21 bits per heavy atom. The van der Waals surface area contributed by atoms with E-state index in [1.54, 1.807) is 0 Å². The van der Waals surface area contributed by atoms with Gasteiger partial charge in [0.05, 0.1) is 6.04 Å². The average Bonchev–Trinajstić information content (AvgIpc) is 2.58. The summed E-state index contributed by atoms with van der Waals surface area (Å²) < 4.78 is 0. The maximum absolute atomic E-state index is 11.7. The van der Waals surface area contributed by atoms with E-state index in [4.69, 9.17) is 0 Å². The van der Waals surface area contributed by atoms with Gasteiger partial charge < -0.3 is 5.32 Å². The third kappa shape index (κ3) is 1.31. The van der Waals surface area contributed by atoms with Crippen LogP contribution in [0.4, 0.5) is 0 Å². The van der Waals surface area contributed by atoms with E-state index in [1.165, 1.54) is 0 Å². The number of fused-ring (bicyclic) bond motifs is 2. The summed E-state index contributed by atoms with van der Waals surface area (Å²) in [6, 6.07) is 0.646. The second kappa shape index (κ2) is 3.34. The quantitative estimate of drug-likeness (QED) is 0.728. The number of Topliss-reactive ketones (excluding diaryl/α,β-unsaturated/α-hetero) is 1. The summed E-state index contributed by atoms with van der Waals surface area (Å²) in [7, 11) is 0. The van der Waals surface area contributed by atoms with E-state index < -0.39 is 0 Å². The van der Waals surface area contributed by atoms with Crippen molar-refractivity contribution in [2.24, 2.45) is 23.7 Å². The van der Waals surface area contributed by atoms with Gasteiger partial charge in [-0.15, -0.1) is 0 Å². The molecule has 2 saturated heterocycles. The largest absolute Gasteiger partial charge is 0.304 e. The maximum Gasteiger partial charge on any atom is 0.151 e. The molecule has 0 radical (unpaired) electrons. The summed E-state index contributed by atoms with van der Waals surface area (Å²) in [5, 5.41) is 3.49. The summed E-state index contributed by atoms with van der Waals surface area (Å²) in [6.45, 7) is 9.06. The monoisotopic (exact) mass is 195 g/mol. The lowest BCUT2D eigenvalue weighted by Gasteiger charge is -2.34. The number of rotatable bonds is 2. The van der Waals surface area contributed by atoms with Crippen molar-refractivity contribution in [1.29, 1.82) is 0 Å². The first-order valence-electron chi connectivity index (χ1n) is 5.81. The zero-order valence-electron chi connectivity index (χ0n) is 9.58. The van der Waals surface area contributed by atoms with Gasteiger partial charge in [-0.2, -0.15) is 0 Å². The highest BCUT2D eigenvalue weighted by molar-refractivity contribution is 5.88. The van der Waals surface area contributed by atoms with Crippen LogP contribution in [0.15, 0.2) is 0 Å². The van der Waals surface area contributed by atoms with Crippen LogP contribution in [0.3, 0.4) is 0 Å². The molecule has 0 amide bonds. The predicted molar refractivity (Wildman–Crippen MR) is 57.0 cm³/mol. The van der Waals surface area contributed by atoms with Gasteiger partial charge in [0.1, 0.15) is 0 Å². The Morgan fingerprint density at radius 2 is 1.71 bits per heavy atom. The van der Waals surface area contributed by atoms with Crippen LogP contribution in [-0.4, -0.2) is 17.9 Å². The highest BCUT2D eigenvalue weighted by Crippen LogP contribution is 2.44. The first-order chi connectivity index (χ1) is 6.52. The minimum Gasteiger partial charge on any atom is -0.304 e. The number of hydrogen-bond donors (Lipinski definition) is 1. The van der Waals surface area contributed by atoms with Crippen molar-refractivity contribution < 1.29 is 4.79 Å². The lowest BCUT2D eigenvalue weighted by Crippen LogP contribution is -2.39. The van der Waals surface area contributed by atoms with E-state index in [0.29, 0.717) is 35.5 Å². The molecule has 0 aromatic carbocycles. The Balaban J connectivity index is 2.23. The third-order valence-corrected chi connectivity index (χ3v) is 4.00. The zero-order valence-corrected chi connectivity index (χ0v) is 9.58. The Labute approximate surface area is 86.5 Å². The lowest BCUT2D eigenvalue weighted by atomic mass is 9.69. The van der Waals surface area contributed by atoms with E-state index in [-0.39, 0.29) is 6.04 Å². The molecule has 14 heavy (non-hydrogen) atoms. The van der Waals surface area contributed by atoms with Crippen LogP contribution in [-0.2, 0) is 4.79 Å². The smallest absolute Gasteiger partial charge is 0.151 e. The second-order valence-electron chi connectivity index (χ2n) is 5.56. The van der Waals surface area contributed by atoms with Crippen LogP contribution in [0.5, 0.6) is 0 Å². The number of hydrogen-bond acceptors (Lipinski definition) is 2. The van der Waals surface area contributed by atoms with E-state index >= 15 is 0 Å². The number of carbonyl (C=O) groups is 1. The van der Waals surface area contributed by atoms with Crippen molar-refractivity contribution in [2.45, 2.75) is 46.2 Å². The third-order valence-electron chi connectivity index (χ3n) is 4.00. The molecule has 2 heteroatoms. The molecule has 1 N–H and O–H groups in total. The Morgan fingerprint density at radius 1 is 1.14 bits per heavy atom. The van der Waals surface area contributed by atoms with Crippen LogP contribution in [0.2, 0.25) is 0 Å². The molecule has 4 atom stereocenters. The summed E-state index contributed by atoms with van der Waals surface area (Å²) in [6.07, 6.45) is 0.775. The van der Waals surface area contributed by atoms with Gasteiger partial charge in [-0.3, -0.25) is 4.79 Å². The fourth-order valence-electron chi connectivity index (χ4n) is 3.53. The molecule has 2 heterocycles. The molecule has 2 rings (SSSR count). The minimum atomic E-state index is 0.174. The van der Waals surface area contributed by atoms with E-state index in [9.17, 15) is 4.79 Å². The highest BCUT2D eigenvalue weighted by Gasteiger charge is 2.53. The van der Waals surface area contributed by atoms with Crippen LogP contribution in [0.25, 0.3) is 0 Å². The Hall–Kier alpha value is -0.370. The first kappa shape index (κ1) is 10.2. The summed E-state index contributed by atoms with van der Waals surface area (Å²) >= 11 is 0. The van der Waals surface area contributed by atoms with Crippen LogP contribution < -0.4 is 5.32 Å². The van der Waals surface area contributed by atoms with Crippen LogP contribution in [0, 0.1) is 23.7 Å². The molecule has 4 unspecified atom stereocenters. The fourth-order valence-corrected chi connectivity index (χ4v) is 3.53. The second-order valence-corrected chi connectivity index (χ2v) is 5.56. The molecule has 2 aliphatic rings. The molecule has 80 valence electrons. The summed E-state index contributed by atoms with van der Waals surface area (Å²) in [5.74, 6) is 3.04. The van der Waals surface area contributed by atoms with Gasteiger partial charge in [-0.05, 0) is 23.7 Å². The van der Waals surface area contributed by atoms with Crippen LogP contribution >= 0.6 is 0 Å². The van der Waals surface area contributed by atoms with Gasteiger partial charge in [0.25, 0.3) is 0 Å². The van der Waals surface area contributed by atoms with Gasteiger partial charge in [0.15, 0.2) is 5.78 Å². The minimum absolute atomic E-state index is 0.174. The van der Waals surface area contributed by atoms with Gasteiger partial charge in [-0.1, -0.05) is 27.7 Å². The lowest BCUT2D eigenvalue weighted by molar-refractivity contribution is -0.122. The van der Waals surface area contributed by atoms with Crippen molar-refractivity contribution >= 4 is 5.78 Å². The predicted octanol–water partition coefficient (Wildman–Crippen LogP) is 1.84. The first-order valence-corrected chi connectivity index (χ1v) is 5.81. The summed E-state index contributed by atoms with van der Waals surface area (Å²) in [4.78, 5) is 11.7. The normalized spacial score (nSPS) is 41.7. The fraction of sp³-hybridized carbons (Fsp3) is 0.917. The molecule has 2 fully saturated rings. The molecular weight excluding hydrogens is 174 g/mol. The van der Waals surface area contributed by atoms with Crippen molar-refractivity contribution in [1.82, 2.24) is 5.32 Å². The standard InChI is InChI=1S/C12H21NO/c1-6(2)10-8-5-9(14)12(13-8)11(10)7(3)4/h6-8,10-13H,5H2,1-4H3. The molecule has 2 bridgehead atoms. The number of carbonyl (C=O) groups excluding carboxylic acids is 1.